The van der Waals surface area contributed by atoms with E-state index in [9.17, 15) is 0 Å². The number of hydrogen-bond donors (Lipinski definition) is 0. The average molecular weight is 161 g/mol. The lowest BCUT2D eigenvalue weighted by atomic mass is 10.1. The van der Waals surface area contributed by atoms with Crippen LogP contribution < -0.4 is 0 Å². The maximum absolute atomic E-state index is 4.03. The molecule has 0 saturated carbocycles. The second-order valence-corrected chi connectivity index (χ2v) is 2.83. The fourth-order valence-electron chi connectivity index (χ4n) is 1.43. The maximum atomic E-state index is 4.03. The van der Waals surface area contributed by atoms with Crippen LogP contribution in [0.4, 0.5) is 0 Å². The maximum Gasteiger partial charge on any atom is 0.0266 e. The molecule has 0 N–H and O–H groups in total. The molecule has 0 unspecified atom stereocenters. The average Bonchev–Trinajstić information content (AvgIpc) is 2.52. The number of allylic oxidation sites excluding steroid dienone is 4. The SMILES string of the molecule is C=CC1=C(/C=C\N=CC)CCC1. The zero-order chi connectivity index (χ0) is 8.81. The first-order valence-electron chi connectivity index (χ1n) is 4.37. The monoisotopic (exact) mass is 161 g/mol. The summed E-state index contributed by atoms with van der Waals surface area (Å²) in [5, 5.41) is 0. The van der Waals surface area contributed by atoms with Crippen LogP contribution >= 0.6 is 0 Å². The third kappa shape index (κ3) is 2.19. The lowest BCUT2D eigenvalue weighted by molar-refractivity contribution is 0.906. The predicted molar refractivity (Wildman–Crippen MR) is 54.4 cm³/mol. The summed E-state index contributed by atoms with van der Waals surface area (Å²) in [6, 6.07) is 0. The van der Waals surface area contributed by atoms with Crippen molar-refractivity contribution in [2.24, 2.45) is 4.99 Å². The standard InChI is InChI=1S/C11H15N/c1-3-10-6-5-7-11(10)8-9-12-4-2/h3-4,8-9H,1,5-7H2,2H3/b9-8-,12-4?. The number of rotatable bonds is 3. The van der Waals surface area contributed by atoms with Crippen molar-refractivity contribution < 1.29 is 0 Å². The minimum absolute atomic E-state index is 1.18. The van der Waals surface area contributed by atoms with E-state index >= 15 is 0 Å². The first-order chi connectivity index (χ1) is 5.88. The Morgan fingerprint density at radius 2 is 2.08 bits per heavy atom. The van der Waals surface area contributed by atoms with Crippen LogP contribution in [0.15, 0.2) is 41.1 Å². The quantitative estimate of drug-likeness (QED) is 0.563. The van der Waals surface area contributed by atoms with E-state index in [0.29, 0.717) is 0 Å². The van der Waals surface area contributed by atoms with Crippen molar-refractivity contribution in [1.29, 1.82) is 0 Å². The lowest BCUT2D eigenvalue weighted by Gasteiger charge is -1.93. The highest BCUT2D eigenvalue weighted by atomic mass is 14.6. The molecule has 0 saturated heterocycles. The van der Waals surface area contributed by atoms with E-state index in [1.807, 2.05) is 19.2 Å². The summed E-state index contributed by atoms with van der Waals surface area (Å²) in [5.74, 6) is 0. The Kier molecular flexibility index (Phi) is 3.52. The molecule has 0 spiro atoms. The molecule has 1 nitrogen and oxygen atoms in total. The third-order valence-electron chi connectivity index (χ3n) is 2.06. The van der Waals surface area contributed by atoms with Gasteiger partial charge in [0.25, 0.3) is 0 Å². The van der Waals surface area contributed by atoms with E-state index in [-0.39, 0.29) is 0 Å². The molecule has 0 aromatic carbocycles. The second-order valence-electron chi connectivity index (χ2n) is 2.83. The molecule has 0 aliphatic heterocycles. The van der Waals surface area contributed by atoms with E-state index in [1.54, 1.807) is 6.21 Å². The van der Waals surface area contributed by atoms with Gasteiger partial charge < -0.3 is 0 Å². The van der Waals surface area contributed by atoms with Crippen LogP contribution in [0, 0.1) is 0 Å². The number of hydrogen-bond acceptors (Lipinski definition) is 1. The van der Waals surface area contributed by atoms with Gasteiger partial charge in [-0.15, -0.1) is 0 Å². The Labute approximate surface area is 74.2 Å². The summed E-state index contributed by atoms with van der Waals surface area (Å²) in [6.45, 7) is 5.71. The number of aliphatic imine (C=N–C) groups is 1. The molecule has 0 radical (unpaired) electrons. The van der Waals surface area contributed by atoms with Gasteiger partial charge in [0.1, 0.15) is 0 Å². The minimum atomic E-state index is 1.18. The minimum Gasteiger partial charge on any atom is -0.269 e. The molecule has 0 amide bonds. The lowest BCUT2D eigenvalue weighted by Crippen LogP contribution is -1.73. The van der Waals surface area contributed by atoms with E-state index in [2.05, 4.69) is 17.6 Å². The Hall–Kier alpha value is -1.11. The predicted octanol–water partition coefficient (Wildman–Crippen LogP) is 3.26. The first kappa shape index (κ1) is 8.98. The van der Waals surface area contributed by atoms with Gasteiger partial charge in [-0.2, -0.15) is 0 Å². The molecule has 1 heteroatoms. The molecule has 0 aromatic rings. The van der Waals surface area contributed by atoms with Crippen LogP contribution in [0.1, 0.15) is 26.2 Å². The molecule has 64 valence electrons. The highest BCUT2D eigenvalue weighted by Gasteiger charge is 2.08. The van der Waals surface area contributed by atoms with E-state index in [4.69, 9.17) is 0 Å². The molecule has 1 aliphatic carbocycles. The van der Waals surface area contributed by atoms with Crippen molar-refractivity contribution in [2.75, 3.05) is 0 Å². The van der Waals surface area contributed by atoms with Crippen molar-refractivity contribution in [3.8, 4) is 0 Å². The summed E-state index contributed by atoms with van der Waals surface area (Å²) in [4.78, 5) is 4.03. The Bertz CT molecular complexity index is 244. The van der Waals surface area contributed by atoms with Crippen LogP contribution in [0.25, 0.3) is 0 Å². The van der Waals surface area contributed by atoms with Gasteiger partial charge in [0.2, 0.25) is 0 Å². The molecular formula is C11H15N. The van der Waals surface area contributed by atoms with Crippen LogP contribution in [-0.4, -0.2) is 6.21 Å². The molecule has 0 heterocycles. The molecule has 1 aliphatic rings. The van der Waals surface area contributed by atoms with Crippen molar-refractivity contribution >= 4 is 6.21 Å². The number of nitrogens with zero attached hydrogens (tertiary/aromatic N) is 1. The molecule has 0 bridgehead atoms. The van der Waals surface area contributed by atoms with Crippen LogP contribution in [0.3, 0.4) is 0 Å². The van der Waals surface area contributed by atoms with Gasteiger partial charge in [-0.05, 0) is 43.4 Å². The molecular weight excluding hydrogens is 146 g/mol. The molecule has 0 fully saturated rings. The molecule has 1 rings (SSSR count). The van der Waals surface area contributed by atoms with Crippen molar-refractivity contribution in [1.82, 2.24) is 0 Å². The Morgan fingerprint density at radius 3 is 2.75 bits per heavy atom. The van der Waals surface area contributed by atoms with Gasteiger partial charge in [-0.1, -0.05) is 12.7 Å². The van der Waals surface area contributed by atoms with Gasteiger partial charge in [0, 0.05) is 12.4 Å². The van der Waals surface area contributed by atoms with Crippen molar-refractivity contribution in [2.45, 2.75) is 26.2 Å². The van der Waals surface area contributed by atoms with Gasteiger partial charge in [0.05, 0.1) is 0 Å². The highest BCUT2D eigenvalue weighted by molar-refractivity contribution is 5.54. The summed E-state index contributed by atoms with van der Waals surface area (Å²) in [5.41, 5.74) is 2.79. The van der Waals surface area contributed by atoms with Gasteiger partial charge >= 0.3 is 0 Å². The topological polar surface area (TPSA) is 12.4 Å². The van der Waals surface area contributed by atoms with Gasteiger partial charge in [-0.3, -0.25) is 4.99 Å². The smallest absolute Gasteiger partial charge is 0.0266 e. The van der Waals surface area contributed by atoms with Crippen LogP contribution in [0.5, 0.6) is 0 Å². The van der Waals surface area contributed by atoms with Crippen LogP contribution in [-0.2, 0) is 0 Å². The summed E-state index contributed by atoms with van der Waals surface area (Å²) >= 11 is 0. The summed E-state index contributed by atoms with van der Waals surface area (Å²) < 4.78 is 0. The van der Waals surface area contributed by atoms with Crippen LogP contribution in [0.2, 0.25) is 0 Å². The Morgan fingerprint density at radius 1 is 1.33 bits per heavy atom. The van der Waals surface area contributed by atoms with Crippen molar-refractivity contribution in [3.63, 3.8) is 0 Å². The van der Waals surface area contributed by atoms with E-state index in [1.165, 1.54) is 30.4 Å². The molecule has 0 atom stereocenters. The zero-order valence-electron chi connectivity index (χ0n) is 7.59. The molecule has 12 heavy (non-hydrogen) atoms. The fraction of sp³-hybridized carbons (Fsp3) is 0.364. The van der Waals surface area contributed by atoms with Gasteiger partial charge in [0.15, 0.2) is 0 Å². The van der Waals surface area contributed by atoms with E-state index < -0.39 is 0 Å². The van der Waals surface area contributed by atoms with Gasteiger partial charge in [-0.25, -0.2) is 0 Å². The summed E-state index contributed by atoms with van der Waals surface area (Å²) in [7, 11) is 0. The van der Waals surface area contributed by atoms with Crippen molar-refractivity contribution in [3.05, 3.63) is 36.1 Å². The normalized spacial score (nSPS) is 18.4. The third-order valence-corrected chi connectivity index (χ3v) is 2.06. The zero-order valence-corrected chi connectivity index (χ0v) is 7.59. The molecule has 0 aromatic heterocycles. The second kappa shape index (κ2) is 4.70. The largest absolute Gasteiger partial charge is 0.269 e. The fourth-order valence-corrected chi connectivity index (χ4v) is 1.43. The highest BCUT2D eigenvalue weighted by Crippen LogP contribution is 2.27. The van der Waals surface area contributed by atoms with E-state index in [0.717, 1.165) is 0 Å². The summed E-state index contributed by atoms with van der Waals surface area (Å²) in [6.07, 6.45) is 11.3. The first-order valence-corrected chi connectivity index (χ1v) is 4.37. The Balaban J connectivity index is 2.66.